The molecule has 0 unspecified atom stereocenters. The molecule has 1 aromatic carbocycles. The maximum atomic E-state index is 14.1. The second-order valence-corrected chi connectivity index (χ2v) is 15.8. The quantitative estimate of drug-likeness (QED) is 0.239. The Balaban J connectivity index is 1.31. The molecule has 5 amide bonds. The monoisotopic (exact) mass is 688 g/mol. The summed E-state index contributed by atoms with van der Waals surface area (Å²) in [6.45, 7) is 5.04. The summed E-state index contributed by atoms with van der Waals surface area (Å²) in [6.07, 6.45) is 6.97. The molecule has 262 valence electrons. The first-order valence-electron chi connectivity index (χ1n) is 16.8. The minimum atomic E-state index is -3.04. The third kappa shape index (κ3) is 8.12. The summed E-state index contributed by atoms with van der Waals surface area (Å²) in [5.74, 6) is -5.16. The highest BCUT2D eigenvalue weighted by Gasteiger charge is 2.55. The van der Waals surface area contributed by atoms with Crippen LogP contribution in [0.3, 0.4) is 0 Å². The average Bonchev–Trinajstić information content (AvgIpc) is 3.54. The summed E-state index contributed by atoms with van der Waals surface area (Å²) in [5.41, 5.74) is 5.83. The molecule has 1 aromatic heterocycles. The number of halogens is 2. The zero-order valence-corrected chi connectivity index (χ0v) is 28.5. The Morgan fingerprint density at radius 1 is 1.08 bits per heavy atom. The van der Waals surface area contributed by atoms with Crippen LogP contribution in [0.2, 0.25) is 0 Å². The number of hydrogen-bond donors (Lipinski definition) is 5. The van der Waals surface area contributed by atoms with Crippen molar-refractivity contribution in [1.29, 1.82) is 0 Å². The van der Waals surface area contributed by atoms with Crippen molar-refractivity contribution in [2.45, 2.75) is 119 Å². The summed E-state index contributed by atoms with van der Waals surface area (Å²) in [6, 6.07) is 2.68. The topological polar surface area (TPSA) is 166 Å². The van der Waals surface area contributed by atoms with E-state index in [-0.39, 0.29) is 29.5 Å². The number of nitrogens with two attached hydrogens (primary N) is 1. The van der Waals surface area contributed by atoms with Gasteiger partial charge in [0.1, 0.15) is 23.8 Å². The van der Waals surface area contributed by atoms with Crippen molar-refractivity contribution in [3.05, 3.63) is 35.5 Å². The Morgan fingerprint density at radius 2 is 1.81 bits per heavy atom. The first-order valence-corrected chi connectivity index (χ1v) is 17.7. The maximum Gasteiger partial charge on any atom is 0.270 e. The number of primary amides is 1. The van der Waals surface area contributed by atoms with Gasteiger partial charge in [0.05, 0.1) is 5.37 Å². The van der Waals surface area contributed by atoms with E-state index in [0.717, 1.165) is 32.6 Å². The van der Waals surface area contributed by atoms with Crippen molar-refractivity contribution < 1.29 is 32.8 Å². The van der Waals surface area contributed by atoms with Crippen LogP contribution in [-0.4, -0.2) is 74.2 Å². The van der Waals surface area contributed by atoms with Crippen LogP contribution in [0.15, 0.2) is 24.3 Å². The number of benzene rings is 1. The molecule has 11 nitrogen and oxygen atoms in total. The Kier molecular flexibility index (Phi) is 10.7. The standard InChI is InChI=1S/C34H46F2N6O5S/c1-33(2)28(31(46)40-23(14-15-26(37)43)29(44)38-18-19-8-5-4-6-9-19)42-27(48-33)11-7-10-24(32(42)47)41-30(45)25-17-20-16-21(34(3,35)36)12-13-22(20)39-25/h12-13,16-17,19,23-24,27-28,39H,4-11,14-15,18H2,1-3H3,(H2,37,43)(H,38,44)(H,40,46)(H,41,45)/t23-,24-,27+,28+/m0/s1. The summed E-state index contributed by atoms with van der Waals surface area (Å²) in [5, 5.41) is 8.70. The second kappa shape index (κ2) is 14.4. The van der Waals surface area contributed by atoms with E-state index >= 15 is 0 Å². The Labute approximate surface area is 283 Å². The smallest absolute Gasteiger partial charge is 0.270 e. The number of aromatic nitrogens is 1. The van der Waals surface area contributed by atoms with Crippen LogP contribution in [0.5, 0.6) is 0 Å². The Bertz CT molecular complexity index is 1550. The first-order chi connectivity index (χ1) is 22.6. The van der Waals surface area contributed by atoms with Gasteiger partial charge >= 0.3 is 0 Å². The van der Waals surface area contributed by atoms with E-state index in [1.807, 2.05) is 13.8 Å². The van der Waals surface area contributed by atoms with Crippen molar-refractivity contribution in [1.82, 2.24) is 25.8 Å². The molecule has 2 aromatic rings. The number of amides is 5. The normalized spacial score (nSPS) is 23.6. The van der Waals surface area contributed by atoms with Crippen molar-refractivity contribution in [3.8, 4) is 0 Å². The van der Waals surface area contributed by atoms with Crippen LogP contribution >= 0.6 is 11.8 Å². The van der Waals surface area contributed by atoms with Gasteiger partial charge in [-0.05, 0) is 76.5 Å². The summed E-state index contributed by atoms with van der Waals surface area (Å²) in [7, 11) is 0. The second-order valence-electron chi connectivity index (χ2n) is 14.0. The summed E-state index contributed by atoms with van der Waals surface area (Å²) < 4.78 is 27.0. The van der Waals surface area contributed by atoms with Crippen molar-refractivity contribution in [2.75, 3.05) is 6.54 Å². The zero-order valence-electron chi connectivity index (χ0n) is 27.7. The molecule has 0 radical (unpaired) electrons. The van der Waals surface area contributed by atoms with Gasteiger partial charge in [-0.2, -0.15) is 0 Å². The molecule has 2 saturated heterocycles. The van der Waals surface area contributed by atoms with E-state index in [4.69, 9.17) is 5.73 Å². The van der Waals surface area contributed by atoms with Gasteiger partial charge in [0, 0.05) is 41.1 Å². The number of carbonyl (C=O) groups is 5. The maximum absolute atomic E-state index is 14.1. The van der Waals surface area contributed by atoms with Gasteiger partial charge in [0.2, 0.25) is 23.6 Å². The van der Waals surface area contributed by atoms with Gasteiger partial charge in [-0.3, -0.25) is 24.0 Å². The molecule has 1 saturated carbocycles. The Morgan fingerprint density at radius 3 is 2.50 bits per heavy atom. The van der Waals surface area contributed by atoms with Crippen LogP contribution < -0.4 is 21.7 Å². The van der Waals surface area contributed by atoms with Gasteiger partial charge in [-0.25, -0.2) is 8.78 Å². The lowest BCUT2D eigenvalue weighted by Crippen LogP contribution is -2.60. The number of aromatic amines is 1. The lowest BCUT2D eigenvalue weighted by atomic mass is 9.89. The predicted octanol–water partition coefficient (Wildman–Crippen LogP) is 4.06. The molecule has 0 spiro atoms. The minimum Gasteiger partial charge on any atom is -0.370 e. The largest absolute Gasteiger partial charge is 0.370 e. The number of fused-ring (bicyclic) bond motifs is 2. The first kappa shape index (κ1) is 35.6. The molecule has 3 heterocycles. The molecule has 48 heavy (non-hydrogen) atoms. The van der Waals surface area contributed by atoms with Crippen LogP contribution in [0.25, 0.3) is 10.9 Å². The third-order valence-corrected chi connectivity index (χ3v) is 11.3. The Hall–Kier alpha value is -3.68. The third-order valence-electron chi connectivity index (χ3n) is 9.71. The van der Waals surface area contributed by atoms with Crippen molar-refractivity contribution in [3.63, 3.8) is 0 Å². The van der Waals surface area contributed by atoms with Gasteiger partial charge in [-0.1, -0.05) is 25.3 Å². The number of thioether (sulfide) groups is 1. The fraction of sp³-hybridized carbons (Fsp3) is 0.618. The molecule has 4 atom stereocenters. The van der Waals surface area contributed by atoms with Crippen molar-refractivity contribution in [2.24, 2.45) is 11.7 Å². The van der Waals surface area contributed by atoms with Crippen molar-refractivity contribution >= 4 is 52.2 Å². The van der Waals surface area contributed by atoms with Crippen LogP contribution in [0, 0.1) is 5.92 Å². The molecule has 2 aliphatic heterocycles. The van der Waals surface area contributed by atoms with E-state index in [0.29, 0.717) is 42.6 Å². The molecule has 0 bridgehead atoms. The average molecular weight is 689 g/mol. The summed E-state index contributed by atoms with van der Waals surface area (Å²) >= 11 is 1.50. The molecular formula is C34H46F2N6O5S. The highest BCUT2D eigenvalue weighted by molar-refractivity contribution is 8.01. The van der Waals surface area contributed by atoms with Gasteiger partial charge in [0.15, 0.2) is 0 Å². The van der Waals surface area contributed by atoms with Crippen LogP contribution in [-0.2, 0) is 25.1 Å². The van der Waals surface area contributed by atoms with E-state index in [1.54, 1.807) is 0 Å². The number of nitrogens with one attached hydrogen (secondary N) is 4. The van der Waals surface area contributed by atoms with E-state index in [1.165, 1.54) is 47.3 Å². The molecule has 3 fully saturated rings. The fourth-order valence-electron chi connectivity index (χ4n) is 7.15. The molecular weight excluding hydrogens is 642 g/mol. The van der Waals surface area contributed by atoms with Crippen LogP contribution in [0.1, 0.15) is 101 Å². The van der Waals surface area contributed by atoms with Gasteiger partial charge in [0.25, 0.3) is 11.8 Å². The molecule has 14 heteroatoms. The van der Waals surface area contributed by atoms with E-state index in [2.05, 4.69) is 20.9 Å². The number of nitrogens with zero attached hydrogens (tertiary/aromatic N) is 1. The number of H-pyrrole nitrogens is 1. The molecule has 1 aliphatic carbocycles. The molecule has 6 N–H and O–H groups in total. The number of carbonyl (C=O) groups excluding carboxylic acids is 5. The zero-order chi connectivity index (χ0) is 34.8. The lowest BCUT2D eigenvalue weighted by molar-refractivity contribution is -0.143. The lowest BCUT2D eigenvalue weighted by Gasteiger charge is -2.34. The number of rotatable bonds is 11. The minimum absolute atomic E-state index is 0.0236. The SMILES string of the molecule is CC(F)(F)c1ccc2[nH]c(C(=O)N[C@H]3CCC[C@H]4SC(C)(C)[C@@H](C(=O)N[C@@H](CCC(N)=O)C(=O)NCC5CCCCC5)N4C3=O)cc2c1. The highest BCUT2D eigenvalue weighted by atomic mass is 32.2. The van der Waals surface area contributed by atoms with E-state index < -0.39 is 58.3 Å². The van der Waals surface area contributed by atoms with Crippen LogP contribution in [0.4, 0.5) is 8.78 Å². The molecule has 5 rings (SSSR count). The fourth-order valence-corrected chi connectivity index (χ4v) is 8.82. The number of hydrogen-bond acceptors (Lipinski definition) is 6. The van der Waals surface area contributed by atoms with Gasteiger partial charge < -0.3 is 31.6 Å². The van der Waals surface area contributed by atoms with E-state index in [9.17, 15) is 32.8 Å². The van der Waals surface area contributed by atoms with Gasteiger partial charge in [-0.15, -0.1) is 11.8 Å². The summed E-state index contributed by atoms with van der Waals surface area (Å²) in [4.78, 5) is 70.9. The number of alkyl halides is 2. The highest BCUT2D eigenvalue weighted by Crippen LogP contribution is 2.47. The molecule has 3 aliphatic rings. The predicted molar refractivity (Wildman–Crippen MR) is 179 cm³/mol.